The SMILES string of the molecule is O=C(Nc1ccc(S(=O)(=O)Nc2ccccc2)cc1)c1ccc(Cl)cc1Br. The molecule has 8 heteroatoms. The Morgan fingerprint density at radius 3 is 2.19 bits per heavy atom. The second-order valence-corrected chi connectivity index (χ2v) is 8.55. The number of hydrogen-bond acceptors (Lipinski definition) is 3. The maximum Gasteiger partial charge on any atom is 0.261 e. The third-order valence-electron chi connectivity index (χ3n) is 3.62. The van der Waals surface area contributed by atoms with E-state index in [2.05, 4.69) is 26.0 Å². The third kappa shape index (κ3) is 4.88. The van der Waals surface area contributed by atoms with Crippen molar-refractivity contribution < 1.29 is 13.2 Å². The van der Waals surface area contributed by atoms with Gasteiger partial charge in [-0.3, -0.25) is 9.52 Å². The highest BCUT2D eigenvalue weighted by molar-refractivity contribution is 9.10. The summed E-state index contributed by atoms with van der Waals surface area (Å²) in [4.78, 5) is 12.4. The molecule has 138 valence electrons. The van der Waals surface area contributed by atoms with E-state index in [-0.39, 0.29) is 10.8 Å². The Balaban J connectivity index is 1.74. The largest absolute Gasteiger partial charge is 0.322 e. The van der Waals surface area contributed by atoms with Crippen LogP contribution in [0.5, 0.6) is 0 Å². The summed E-state index contributed by atoms with van der Waals surface area (Å²) < 4.78 is 27.9. The molecule has 27 heavy (non-hydrogen) atoms. The first-order chi connectivity index (χ1) is 12.8. The molecule has 3 aromatic rings. The Labute approximate surface area is 170 Å². The van der Waals surface area contributed by atoms with Crippen molar-refractivity contribution in [2.75, 3.05) is 10.0 Å². The Morgan fingerprint density at radius 1 is 0.889 bits per heavy atom. The molecule has 0 bridgehead atoms. The molecule has 0 atom stereocenters. The van der Waals surface area contributed by atoms with E-state index >= 15 is 0 Å². The molecule has 5 nitrogen and oxygen atoms in total. The molecule has 0 aromatic heterocycles. The number of benzene rings is 3. The van der Waals surface area contributed by atoms with Crippen LogP contribution in [0.25, 0.3) is 0 Å². The minimum atomic E-state index is -3.71. The van der Waals surface area contributed by atoms with Crippen molar-refractivity contribution in [1.29, 1.82) is 0 Å². The van der Waals surface area contributed by atoms with Crippen molar-refractivity contribution in [1.82, 2.24) is 0 Å². The zero-order valence-electron chi connectivity index (χ0n) is 13.8. The maximum absolute atomic E-state index is 12.4. The average molecular weight is 466 g/mol. The highest BCUT2D eigenvalue weighted by atomic mass is 79.9. The molecular weight excluding hydrogens is 452 g/mol. The van der Waals surface area contributed by atoms with E-state index in [1.54, 1.807) is 48.5 Å². The van der Waals surface area contributed by atoms with Gasteiger partial charge in [-0.05, 0) is 70.5 Å². The van der Waals surface area contributed by atoms with Gasteiger partial charge in [0.1, 0.15) is 0 Å². The maximum atomic E-state index is 12.4. The van der Waals surface area contributed by atoms with Crippen LogP contribution in [-0.4, -0.2) is 14.3 Å². The first-order valence-corrected chi connectivity index (χ1v) is 10.4. The molecule has 0 spiro atoms. The zero-order chi connectivity index (χ0) is 19.4. The van der Waals surface area contributed by atoms with E-state index in [9.17, 15) is 13.2 Å². The minimum absolute atomic E-state index is 0.0945. The fourth-order valence-corrected chi connectivity index (χ4v) is 4.23. The topological polar surface area (TPSA) is 75.3 Å². The number of carbonyl (C=O) groups is 1. The van der Waals surface area contributed by atoms with Gasteiger partial charge < -0.3 is 5.32 Å². The molecule has 0 aliphatic rings. The molecule has 0 aliphatic heterocycles. The van der Waals surface area contributed by atoms with Gasteiger partial charge in [-0.25, -0.2) is 8.42 Å². The second-order valence-electron chi connectivity index (χ2n) is 5.57. The van der Waals surface area contributed by atoms with Gasteiger partial charge in [0, 0.05) is 20.9 Å². The van der Waals surface area contributed by atoms with Gasteiger partial charge in [-0.15, -0.1) is 0 Å². The van der Waals surface area contributed by atoms with Crippen molar-refractivity contribution in [2.24, 2.45) is 0 Å². The molecule has 0 heterocycles. The average Bonchev–Trinajstić information content (AvgIpc) is 2.62. The Kier molecular flexibility index (Phi) is 5.84. The van der Waals surface area contributed by atoms with Crippen LogP contribution in [0, 0.1) is 0 Å². The summed E-state index contributed by atoms with van der Waals surface area (Å²) in [5, 5.41) is 3.23. The lowest BCUT2D eigenvalue weighted by Crippen LogP contribution is -2.14. The van der Waals surface area contributed by atoms with Gasteiger partial charge in [0.25, 0.3) is 15.9 Å². The Morgan fingerprint density at radius 2 is 1.56 bits per heavy atom. The minimum Gasteiger partial charge on any atom is -0.322 e. The van der Waals surface area contributed by atoms with Crippen LogP contribution in [-0.2, 0) is 10.0 Å². The number of rotatable bonds is 5. The molecular formula is C19H14BrClN2O3S. The van der Waals surface area contributed by atoms with Gasteiger partial charge in [-0.1, -0.05) is 29.8 Å². The summed E-state index contributed by atoms with van der Waals surface area (Å²) in [5.74, 6) is -0.337. The van der Waals surface area contributed by atoms with Crippen LogP contribution >= 0.6 is 27.5 Å². The highest BCUT2D eigenvalue weighted by Crippen LogP contribution is 2.23. The molecule has 3 aromatic carbocycles. The lowest BCUT2D eigenvalue weighted by Gasteiger charge is -2.10. The normalized spacial score (nSPS) is 11.0. The van der Waals surface area contributed by atoms with Crippen LogP contribution in [0.3, 0.4) is 0 Å². The zero-order valence-corrected chi connectivity index (χ0v) is 17.0. The van der Waals surface area contributed by atoms with Crippen molar-refractivity contribution >= 4 is 54.8 Å². The summed E-state index contributed by atoms with van der Waals surface area (Å²) in [6, 6.07) is 19.4. The van der Waals surface area contributed by atoms with Crippen molar-refractivity contribution in [3.8, 4) is 0 Å². The van der Waals surface area contributed by atoms with Gasteiger partial charge in [0.05, 0.1) is 10.5 Å². The van der Waals surface area contributed by atoms with E-state index in [1.807, 2.05) is 0 Å². The van der Waals surface area contributed by atoms with Crippen LogP contribution in [0.4, 0.5) is 11.4 Å². The first-order valence-electron chi connectivity index (χ1n) is 7.79. The third-order valence-corrected chi connectivity index (χ3v) is 5.91. The number of sulfonamides is 1. The first kappa shape index (κ1) is 19.4. The molecule has 2 N–H and O–H groups in total. The fraction of sp³-hybridized carbons (Fsp3) is 0. The number of carbonyl (C=O) groups excluding carboxylic acids is 1. The number of amides is 1. The van der Waals surface area contributed by atoms with Crippen molar-refractivity contribution in [2.45, 2.75) is 4.90 Å². The van der Waals surface area contributed by atoms with Gasteiger partial charge in [-0.2, -0.15) is 0 Å². The molecule has 0 unspecified atom stereocenters. The highest BCUT2D eigenvalue weighted by Gasteiger charge is 2.15. The van der Waals surface area contributed by atoms with Crippen LogP contribution in [0.2, 0.25) is 5.02 Å². The van der Waals surface area contributed by atoms with Gasteiger partial charge in [0.15, 0.2) is 0 Å². The van der Waals surface area contributed by atoms with Crippen LogP contribution < -0.4 is 10.0 Å². The molecule has 0 saturated carbocycles. The quantitative estimate of drug-likeness (QED) is 0.547. The second kappa shape index (κ2) is 8.12. The molecule has 3 rings (SSSR count). The van der Waals surface area contributed by atoms with Gasteiger partial charge in [0.2, 0.25) is 0 Å². The summed E-state index contributed by atoms with van der Waals surface area (Å²) in [6.07, 6.45) is 0. The molecule has 0 saturated heterocycles. The predicted molar refractivity (Wildman–Crippen MR) is 111 cm³/mol. The molecule has 0 radical (unpaired) electrons. The number of halogens is 2. The van der Waals surface area contributed by atoms with E-state index in [1.165, 1.54) is 24.3 Å². The number of nitrogens with one attached hydrogen (secondary N) is 2. The van der Waals surface area contributed by atoms with E-state index in [0.29, 0.717) is 26.4 Å². The van der Waals surface area contributed by atoms with Crippen LogP contribution in [0.15, 0.2) is 82.2 Å². The molecule has 0 fully saturated rings. The predicted octanol–water partition coefficient (Wildman–Crippen LogP) is 5.16. The summed E-state index contributed by atoms with van der Waals surface area (Å²) in [7, 11) is -3.71. The van der Waals surface area contributed by atoms with E-state index < -0.39 is 10.0 Å². The molecule has 0 aliphatic carbocycles. The Hall–Kier alpha value is -2.35. The number of para-hydroxylation sites is 1. The van der Waals surface area contributed by atoms with E-state index in [4.69, 9.17) is 11.6 Å². The summed E-state index contributed by atoms with van der Waals surface area (Å²) >= 11 is 9.17. The van der Waals surface area contributed by atoms with Gasteiger partial charge >= 0.3 is 0 Å². The smallest absolute Gasteiger partial charge is 0.261 e. The number of hydrogen-bond donors (Lipinski definition) is 2. The summed E-state index contributed by atoms with van der Waals surface area (Å²) in [5.41, 5.74) is 1.37. The summed E-state index contributed by atoms with van der Waals surface area (Å²) in [6.45, 7) is 0. The van der Waals surface area contributed by atoms with Crippen LogP contribution in [0.1, 0.15) is 10.4 Å². The monoisotopic (exact) mass is 464 g/mol. The van der Waals surface area contributed by atoms with Crippen molar-refractivity contribution in [3.05, 3.63) is 87.9 Å². The lowest BCUT2D eigenvalue weighted by molar-refractivity contribution is 0.102. The lowest BCUT2D eigenvalue weighted by atomic mass is 10.2. The molecule has 1 amide bonds. The van der Waals surface area contributed by atoms with Crippen molar-refractivity contribution in [3.63, 3.8) is 0 Å². The Bertz CT molecular complexity index is 1070. The fourth-order valence-electron chi connectivity index (χ4n) is 2.31. The standard InChI is InChI=1S/C19H14BrClN2O3S/c20-18-12-13(21)6-11-17(18)19(24)22-14-7-9-16(10-8-14)27(25,26)23-15-4-2-1-3-5-15/h1-12,23H,(H,22,24). The number of anilines is 2. The van der Waals surface area contributed by atoms with E-state index in [0.717, 1.165) is 0 Å².